The van der Waals surface area contributed by atoms with Crippen LogP contribution in [0.3, 0.4) is 0 Å². The number of halogens is 2. The van der Waals surface area contributed by atoms with Crippen molar-refractivity contribution in [2.24, 2.45) is 5.73 Å². The molecule has 0 aliphatic rings. The van der Waals surface area contributed by atoms with Crippen molar-refractivity contribution in [3.8, 4) is 0 Å². The molecule has 0 atom stereocenters. The van der Waals surface area contributed by atoms with Gasteiger partial charge in [-0.1, -0.05) is 0 Å². The van der Waals surface area contributed by atoms with Gasteiger partial charge in [0.2, 0.25) is 0 Å². The van der Waals surface area contributed by atoms with Gasteiger partial charge in [-0.2, -0.15) is 0 Å². The van der Waals surface area contributed by atoms with Crippen LogP contribution in [0, 0.1) is 0 Å². The maximum atomic E-state index is 5.22. The molecule has 0 aliphatic heterocycles. The SMILES string of the molecule is Br.Br.NCCC[CH2][Sn]. The molecule has 0 fully saturated rings. The van der Waals surface area contributed by atoms with Crippen molar-refractivity contribution in [3.05, 3.63) is 0 Å². The Morgan fingerprint density at radius 1 is 1.12 bits per heavy atom. The maximum absolute atomic E-state index is 5.22. The van der Waals surface area contributed by atoms with E-state index >= 15 is 0 Å². The molecule has 3 radical (unpaired) electrons. The van der Waals surface area contributed by atoms with Crippen molar-refractivity contribution in [1.29, 1.82) is 0 Å². The van der Waals surface area contributed by atoms with Crippen LogP contribution in [0.2, 0.25) is 4.44 Å². The fourth-order valence-corrected chi connectivity index (χ4v) is 0.983. The Balaban J connectivity index is -0.000000125. The van der Waals surface area contributed by atoms with E-state index in [1.165, 1.54) is 17.3 Å². The zero-order valence-corrected chi connectivity index (χ0v) is 11.0. The van der Waals surface area contributed by atoms with Gasteiger partial charge in [0.1, 0.15) is 0 Å². The van der Waals surface area contributed by atoms with Crippen LogP contribution in [0.4, 0.5) is 0 Å². The second kappa shape index (κ2) is 15.9. The number of unbranched alkanes of at least 4 members (excludes halogenated alkanes) is 1. The van der Waals surface area contributed by atoms with Crippen LogP contribution in [0.25, 0.3) is 0 Å². The van der Waals surface area contributed by atoms with Crippen molar-refractivity contribution in [2.45, 2.75) is 17.3 Å². The fraction of sp³-hybridized carbons (Fsp3) is 1.00. The zero-order chi connectivity index (χ0) is 4.83. The summed E-state index contributed by atoms with van der Waals surface area (Å²) in [5.41, 5.74) is 5.22. The molecule has 0 aliphatic carbocycles. The summed E-state index contributed by atoms with van der Waals surface area (Å²) >= 11 is 1.64. The van der Waals surface area contributed by atoms with Gasteiger partial charge >= 0.3 is 52.1 Å². The van der Waals surface area contributed by atoms with E-state index in [0.29, 0.717) is 0 Å². The van der Waals surface area contributed by atoms with E-state index in [1.54, 1.807) is 22.5 Å². The first-order valence-corrected chi connectivity index (χ1v) is 4.28. The first-order valence-electron chi connectivity index (χ1n) is 2.26. The second-order valence-electron chi connectivity index (χ2n) is 1.25. The predicted molar refractivity (Wildman–Crippen MR) is 49.5 cm³/mol. The average Bonchev–Trinajstić information content (AvgIpc) is 1.61. The van der Waals surface area contributed by atoms with Gasteiger partial charge in [0, 0.05) is 0 Å². The third-order valence-electron chi connectivity index (χ3n) is 0.631. The summed E-state index contributed by atoms with van der Waals surface area (Å²) in [7, 11) is 0. The Labute approximate surface area is 85.4 Å². The van der Waals surface area contributed by atoms with Gasteiger partial charge in [0.25, 0.3) is 0 Å². The topological polar surface area (TPSA) is 26.0 Å². The fourth-order valence-electron chi connectivity index (χ4n) is 0.269. The van der Waals surface area contributed by atoms with Gasteiger partial charge in [-0.25, -0.2) is 0 Å². The van der Waals surface area contributed by atoms with Gasteiger partial charge in [-0.3, -0.25) is 0 Å². The van der Waals surface area contributed by atoms with Gasteiger partial charge < -0.3 is 0 Å². The molecule has 0 aromatic rings. The van der Waals surface area contributed by atoms with E-state index in [1.807, 2.05) is 0 Å². The van der Waals surface area contributed by atoms with Crippen molar-refractivity contribution in [1.82, 2.24) is 0 Å². The number of rotatable bonds is 3. The molecule has 0 unspecified atom stereocenters. The van der Waals surface area contributed by atoms with Crippen LogP contribution in [-0.4, -0.2) is 29.1 Å². The molecule has 0 amide bonds. The van der Waals surface area contributed by atoms with E-state index in [2.05, 4.69) is 0 Å². The second-order valence-corrected chi connectivity index (χ2v) is 2.67. The van der Waals surface area contributed by atoms with E-state index in [9.17, 15) is 0 Å². The molecule has 51 valence electrons. The van der Waals surface area contributed by atoms with Crippen molar-refractivity contribution in [3.63, 3.8) is 0 Å². The molecule has 1 nitrogen and oxygen atoms in total. The van der Waals surface area contributed by atoms with Crippen LogP contribution < -0.4 is 5.73 Å². The third-order valence-corrected chi connectivity index (χ3v) is 1.64. The predicted octanol–water partition coefficient (Wildman–Crippen LogP) is 1.47. The van der Waals surface area contributed by atoms with E-state index in [-0.39, 0.29) is 34.0 Å². The van der Waals surface area contributed by atoms with Gasteiger partial charge in [-0.15, -0.1) is 34.0 Å². The van der Waals surface area contributed by atoms with Crippen LogP contribution in [-0.2, 0) is 0 Å². The number of hydrogen-bond acceptors (Lipinski definition) is 1. The quantitative estimate of drug-likeness (QED) is 0.604. The number of nitrogens with two attached hydrogens (primary N) is 1. The van der Waals surface area contributed by atoms with Crippen LogP contribution >= 0.6 is 34.0 Å². The molecule has 0 heterocycles. The van der Waals surface area contributed by atoms with Crippen LogP contribution in [0.5, 0.6) is 0 Å². The Kier molecular flexibility index (Phi) is 32.5. The molecule has 4 heteroatoms. The van der Waals surface area contributed by atoms with E-state index in [4.69, 9.17) is 5.73 Å². The summed E-state index contributed by atoms with van der Waals surface area (Å²) in [6.07, 6.45) is 2.54. The van der Waals surface area contributed by atoms with Crippen molar-refractivity contribution in [2.75, 3.05) is 6.54 Å². The Morgan fingerprint density at radius 3 is 1.75 bits per heavy atom. The van der Waals surface area contributed by atoms with E-state index < -0.39 is 0 Å². The first-order chi connectivity index (χ1) is 2.91. The molecule has 0 bridgehead atoms. The summed E-state index contributed by atoms with van der Waals surface area (Å²) < 4.78 is 1.36. The standard InChI is InChI=1S/C4H10N.2BrH.Sn/c1-2-3-4-5;;;/h1-5H2;2*1H;. The molecule has 0 rings (SSSR count). The summed E-state index contributed by atoms with van der Waals surface area (Å²) in [5, 5.41) is 0. The summed E-state index contributed by atoms with van der Waals surface area (Å²) in [6.45, 7) is 0.869. The normalized spacial score (nSPS) is 6.75. The van der Waals surface area contributed by atoms with E-state index in [0.717, 1.165) is 6.54 Å². The zero-order valence-electron chi connectivity index (χ0n) is 4.72. The Morgan fingerprint density at radius 2 is 1.62 bits per heavy atom. The molecule has 0 saturated carbocycles. The minimum atomic E-state index is 0. The van der Waals surface area contributed by atoms with Gasteiger partial charge in [0.05, 0.1) is 0 Å². The Bertz CT molecular complexity index is 26.0. The van der Waals surface area contributed by atoms with Gasteiger partial charge in [-0.05, 0) is 0 Å². The molecule has 2 N–H and O–H groups in total. The molecular formula is C4H12Br2NSn. The monoisotopic (exact) mass is 352 g/mol. The average molecular weight is 353 g/mol. The third kappa shape index (κ3) is 15.6. The summed E-state index contributed by atoms with van der Waals surface area (Å²) in [5.74, 6) is 0. The molecule has 8 heavy (non-hydrogen) atoms. The minimum absolute atomic E-state index is 0. The summed E-state index contributed by atoms with van der Waals surface area (Å²) in [6, 6.07) is 0. The molecule has 0 spiro atoms. The number of hydrogen-bond donors (Lipinski definition) is 1. The Hall–Kier alpha value is 1.72. The van der Waals surface area contributed by atoms with Crippen LogP contribution in [0.15, 0.2) is 0 Å². The summed E-state index contributed by atoms with van der Waals surface area (Å²) in [4.78, 5) is 0. The molecular weight excluding hydrogens is 341 g/mol. The first kappa shape index (κ1) is 16.4. The van der Waals surface area contributed by atoms with Crippen molar-refractivity contribution < 1.29 is 0 Å². The molecule has 0 saturated heterocycles. The molecule has 0 aromatic heterocycles. The van der Waals surface area contributed by atoms with Crippen LogP contribution in [0.1, 0.15) is 12.8 Å². The molecule has 0 aromatic carbocycles. The van der Waals surface area contributed by atoms with Crippen molar-refractivity contribution >= 4 is 56.5 Å². The van der Waals surface area contributed by atoms with Gasteiger partial charge in [0.15, 0.2) is 0 Å².